The monoisotopic (exact) mass is 238 g/mol. The summed E-state index contributed by atoms with van der Waals surface area (Å²) in [6.07, 6.45) is 0. The first-order chi connectivity index (χ1) is 8.06. The maximum Gasteiger partial charge on any atom is 0.0206 e. The zero-order chi connectivity index (χ0) is 13.1. The second-order valence-corrected chi connectivity index (χ2v) is 4.31. The average Bonchev–Trinajstić information content (AvgIpc) is 2.30. The van der Waals surface area contributed by atoms with Gasteiger partial charge in [-0.2, -0.15) is 0 Å². The van der Waals surface area contributed by atoms with E-state index >= 15 is 0 Å². The molecule has 2 atom stereocenters. The van der Waals surface area contributed by atoms with E-state index in [1.165, 1.54) is 5.56 Å². The molecule has 1 aromatic carbocycles. The molecule has 1 aromatic rings. The van der Waals surface area contributed by atoms with E-state index in [0.29, 0.717) is 6.54 Å². The molecule has 0 amide bonds. The lowest BCUT2D eigenvalue weighted by Crippen LogP contribution is -2.30. The van der Waals surface area contributed by atoms with Gasteiger partial charge in [0.15, 0.2) is 0 Å². The van der Waals surface area contributed by atoms with E-state index in [9.17, 15) is 0 Å². The average molecular weight is 238 g/mol. The van der Waals surface area contributed by atoms with Crippen LogP contribution < -0.4 is 22.5 Å². The van der Waals surface area contributed by atoms with Gasteiger partial charge >= 0.3 is 0 Å². The van der Waals surface area contributed by atoms with Gasteiger partial charge in [-0.1, -0.05) is 30.3 Å². The third kappa shape index (κ3) is 11.3. The van der Waals surface area contributed by atoms with Crippen molar-refractivity contribution in [1.82, 2.24) is 5.32 Å². The maximum atomic E-state index is 5.59. The highest BCUT2D eigenvalue weighted by molar-refractivity contribution is 5.14. The van der Waals surface area contributed by atoms with E-state index in [4.69, 9.17) is 17.2 Å². The summed E-state index contributed by atoms with van der Waals surface area (Å²) in [4.78, 5) is 0. The molecular weight excluding hydrogens is 212 g/mol. The summed E-state index contributed by atoms with van der Waals surface area (Å²) in [5.74, 6) is 0. The highest BCUT2D eigenvalue weighted by Gasteiger charge is 1.93. The van der Waals surface area contributed by atoms with Gasteiger partial charge in [-0.05, 0) is 19.4 Å². The van der Waals surface area contributed by atoms with E-state index in [-0.39, 0.29) is 12.1 Å². The van der Waals surface area contributed by atoms with Gasteiger partial charge in [-0.15, -0.1) is 0 Å². The third-order valence-corrected chi connectivity index (χ3v) is 2.01. The van der Waals surface area contributed by atoms with Gasteiger partial charge in [-0.3, -0.25) is 0 Å². The van der Waals surface area contributed by atoms with E-state index in [0.717, 1.165) is 13.1 Å². The van der Waals surface area contributed by atoms with Crippen LogP contribution in [-0.2, 0) is 6.54 Å². The van der Waals surface area contributed by atoms with Crippen LogP contribution in [0.3, 0.4) is 0 Å². The predicted octanol–water partition coefficient (Wildman–Crippen LogP) is 0.416. The van der Waals surface area contributed by atoms with Crippen molar-refractivity contribution in [2.45, 2.75) is 32.5 Å². The standard InChI is InChI=1S/C10H16N2.C3H10N2/c1-9(11)7-12-8-10-5-3-2-4-6-10;1-3(5)2-4/h2-6,9,12H,7-8,11H2,1H3;3H,2,4-5H2,1H3. The molecule has 0 aliphatic carbocycles. The van der Waals surface area contributed by atoms with Crippen LogP contribution in [0.25, 0.3) is 0 Å². The van der Waals surface area contributed by atoms with E-state index in [1.54, 1.807) is 0 Å². The molecule has 0 fully saturated rings. The SMILES string of the molecule is CC(N)CN.CC(N)CNCc1ccccc1. The Balaban J connectivity index is 0.000000437. The van der Waals surface area contributed by atoms with Crippen LogP contribution in [0, 0.1) is 0 Å². The molecule has 17 heavy (non-hydrogen) atoms. The molecule has 0 saturated heterocycles. The summed E-state index contributed by atoms with van der Waals surface area (Å²) in [7, 11) is 0. The largest absolute Gasteiger partial charge is 0.329 e. The summed E-state index contributed by atoms with van der Waals surface area (Å²) in [6.45, 7) is 6.23. The molecule has 1 rings (SSSR count). The third-order valence-electron chi connectivity index (χ3n) is 2.01. The van der Waals surface area contributed by atoms with E-state index in [2.05, 4.69) is 17.4 Å². The molecule has 98 valence electrons. The summed E-state index contributed by atoms with van der Waals surface area (Å²) < 4.78 is 0. The lowest BCUT2D eigenvalue weighted by atomic mass is 10.2. The molecule has 0 heterocycles. The van der Waals surface area contributed by atoms with Crippen LogP contribution in [0.5, 0.6) is 0 Å². The van der Waals surface area contributed by atoms with Crippen molar-refractivity contribution in [2.24, 2.45) is 17.2 Å². The highest BCUT2D eigenvalue weighted by Crippen LogP contribution is 1.96. The first-order valence-electron chi connectivity index (χ1n) is 6.02. The summed E-state index contributed by atoms with van der Waals surface area (Å²) >= 11 is 0. The Bertz CT molecular complexity index is 259. The normalized spacial score (nSPS) is 13.5. The molecule has 4 nitrogen and oxygen atoms in total. The Morgan fingerprint density at radius 2 is 1.59 bits per heavy atom. The lowest BCUT2D eigenvalue weighted by Gasteiger charge is -2.06. The van der Waals surface area contributed by atoms with Crippen molar-refractivity contribution in [3.63, 3.8) is 0 Å². The Morgan fingerprint density at radius 3 is 2.00 bits per heavy atom. The maximum absolute atomic E-state index is 5.59. The fraction of sp³-hybridized carbons (Fsp3) is 0.538. The molecule has 7 N–H and O–H groups in total. The van der Waals surface area contributed by atoms with Crippen molar-refractivity contribution in [1.29, 1.82) is 0 Å². The fourth-order valence-electron chi connectivity index (χ4n) is 1.04. The number of hydrogen-bond donors (Lipinski definition) is 4. The Labute approximate surface area is 105 Å². The van der Waals surface area contributed by atoms with Crippen LogP contribution in [-0.4, -0.2) is 25.2 Å². The summed E-state index contributed by atoms with van der Waals surface area (Å²) in [6, 6.07) is 10.7. The fourth-order valence-corrected chi connectivity index (χ4v) is 1.04. The van der Waals surface area contributed by atoms with Gasteiger partial charge in [0.1, 0.15) is 0 Å². The molecule has 0 bridgehead atoms. The minimum absolute atomic E-state index is 0.162. The predicted molar refractivity (Wildman–Crippen MR) is 74.5 cm³/mol. The Morgan fingerprint density at radius 1 is 1.06 bits per heavy atom. The van der Waals surface area contributed by atoms with Gasteiger partial charge in [0.25, 0.3) is 0 Å². The second-order valence-electron chi connectivity index (χ2n) is 4.31. The molecule has 0 aliphatic rings. The van der Waals surface area contributed by atoms with Crippen LogP contribution in [0.4, 0.5) is 0 Å². The molecule has 2 unspecified atom stereocenters. The first kappa shape index (κ1) is 16.1. The van der Waals surface area contributed by atoms with Crippen molar-refractivity contribution in [2.75, 3.05) is 13.1 Å². The first-order valence-corrected chi connectivity index (χ1v) is 6.02. The number of rotatable bonds is 5. The van der Waals surface area contributed by atoms with Crippen molar-refractivity contribution < 1.29 is 0 Å². The quantitative estimate of drug-likeness (QED) is 0.598. The van der Waals surface area contributed by atoms with E-state index in [1.807, 2.05) is 32.0 Å². The number of nitrogens with one attached hydrogen (secondary N) is 1. The van der Waals surface area contributed by atoms with Crippen LogP contribution in [0.2, 0.25) is 0 Å². The second kappa shape index (κ2) is 10.2. The lowest BCUT2D eigenvalue weighted by molar-refractivity contribution is 0.608. The van der Waals surface area contributed by atoms with Crippen LogP contribution in [0.1, 0.15) is 19.4 Å². The Kier molecular flexibility index (Phi) is 9.66. The minimum atomic E-state index is 0.162. The summed E-state index contributed by atoms with van der Waals surface area (Å²) in [5.41, 5.74) is 17.1. The van der Waals surface area contributed by atoms with Crippen molar-refractivity contribution in [3.05, 3.63) is 35.9 Å². The zero-order valence-electron chi connectivity index (χ0n) is 10.9. The van der Waals surface area contributed by atoms with Crippen LogP contribution >= 0.6 is 0 Å². The molecule has 0 saturated carbocycles. The van der Waals surface area contributed by atoms with Crippen LogP contribution in [0.15, 0.2) is 30.3 Å². The zero-order valence-corrected chi connectivity index (χ0v) is 10.9. The topological polar surface area (TPSA) is 90.1 Å². The van der Waals surface area contributed by atoms with Gasteiger partial charge in [-0.25, -0.2) is 0 Å². The smallest absolute Gasteiger partial charge is 0.0206 e. The van der Waals surface area contributed by atoms with E-state index < -0.39 is 0 Å². The molecular formula is C13H26N4. The van der Waals surface area contributed by atoms with Gasteiger partial charge in [0, 0.05) is 31.7 Å². The number of benzene rings is 1. The van der Waals surface area contributed by atoms with Gasteiger partial charge < -0.3 is 22.5 Å². The highest BCUT2D eigenvalue weighted by atomic mass is 14.9. The minimum Gasteiger partial charge on any atom is -0.329 e. The van der Waals surface area contributed by atoms with Crippen molar-refractivity contribution >= 4 is 0 Å². The Hall–Kier alpha value is -0.940. The van der Waals surface area contributed by atoms with Crippen molar-refractivity contribution in [3.8, 4) is 0 Å². The number of nitrogens with two attached hydrogens (primary N) is 3. The molecule has 0 aliphatic heterocycles. The number of hydrogen-bond acceptors (Lipinski definition) is 4. The molecule has 0 spiro atoms. The van der Waals surface area contributed by atoms with Gasteiger partial charge in [0.2, 0.25) is 0 Å². The van der Waals surface area contributed by atoms with Gasteiger partial charge in [0.05, 0.1) is 0 Å². The molecule has 0 aromatic heterocycles. The molecule has 4 heteroatoms. The molecule has 0 radical (unpaired) electrons. The summed E-state index contributed by atoms with van der Waals surface area (Å²) in [5, 5.41) is 3.28.